The summed E-state index contributed by atoms with van der Waals surface area (Å²) < 4.78 is 9.01. The molecule has 0 radical (unpaired) electrons. The van der Waals surface area contributed by atoms with Gasteiger partial charge in [-0.15, -0.1) is 56.2 Å². The number of ether oxygens (including phenoxy) is 2. The fourth-order valence-electron chi connectivity index (χ4n) is 1.65. The van der Waals surface area contributed by atoms with Crippen LogP contribution in [-0.4, -0.2) is 58.3 Å². The highest BCUT2D eigenvalue weighted by molar-refractivity contribution is 7.11. The van der Waals surface area contributed by atoms with Crippen LogP contribution in [0.25, 0.3) is 0 Å². The van der Waals surface area contributed by atoms with Crippen molar-refractivity contribution in [2.45, 2.75) is 45.4 Å². The number of hydrogen-bond acceptors (Lipinski definition) is 11. The van der Waals surface area contributed by atoms with Gasteiger partial charge in [-0.3, -0.25) is 9.59 Å². The minimum absolute atomic E-state index is 0.145. The van der Waals surface area contributed by atoms with Crippen molar-refractivity contribution in [1.29, 1.82) is 0 Å². The zero-order chi connectivity index (χ0) is 23.5. The Kier molecular flexibility index (Phi) is 16.8. The molecule has 0 spiro atoms. The lowest BCUT2D eigenvalue weighted by atomic mass is 10.3. The van der Waals surface area contributed by atoms with Crippen LogP contribution in [0.1, 0.15) is 39.8 Å². The van der Waals surface area contributed by atoms with Crippen LogP contribution in [-0.2, 0) is 44.7 Å². The Morgan fingerprint density at radius 2 is 1.35 bits per heavy atom. The second-order valence-electron chi connectivity index (χ2n) is 5.70. The van der Waals surface area contributed by atoms with Gasteiger partial charge >= 0.3 is 11.9 Å². The predicted molar refractivity (Wildman–Crippen MR) is 121 cm³/mol. The highest BCUT2D eigenvalue weighted by atomic mass is 32.1. The number of rotatable bonds is 10. The lowest BCUT2D eigenvalue weighted by Gasteiger charge is -1.92. The molecule has 0 saturated carbocycles. The van der Waals surface area contributed by atoms with Crippen molar-refractivity contribution in [1.82, 2.24) is 20.4 Å². The molecule has 31 heavy (non-hydrogen) atoms. The first-order chi connectivity index (χ1) is 14.9. The molecule has 0 bridgehead atoms. The Hall–Kier alpha value is -2.50. The SMILES string of the molecule is C=CCC.C=CCc1nnc(CC(=O)OC)s1.COC(=O)Cc1nnc(CCCO)s1. The molecule has 0 aliphatic carbocycles. The molecule has 0 aliphatic rings. The van der Waals surface area contributed by atoms with E-state index >= 15 is 0 Å². The number of hydrogen-bond donors (Lipinski definition) is 1. The summed E-state index contributed by atoms with van der Waals surface area (Å²) in [6, 6.07) is 0. The second kappa shape index (κ2) is 18.3. The second-order valence-corrected chi connectivity index (χ2v) is 8.00. The molecule has 1 N–H and O–H groups in total. The van der Waals surface area contributed by atoms with E-state index in [2.05, 4.69) is 50.0 Å². The summed E-state index contributed by atoms with van der Waals surface area (Å²) in [7, 11) is 2.70. The fourth-order valence-corrected chi connectivity index (χ4v) is 3.35. The van der Waals surface area contributed by atoms with Crippen LogP contribution in [0, 0.1) is 0 Å². The maximum Gasteiger partial charge on any atom is 0.312 e. The lowest BCUT2D eigenvalue weighted by molar-refractivity contribution is -0.140. The number of aliphatic hydroxyl groups excluding tert-OH is 1. The van der Waals surface area contributed by atoms with Crippen molar-refractivity contribution in [3.05, 3.63) is 45.3 Å². The summed E-state index contributed by atoms with van der Waals surface area (Å²) in [4.78, 5) is 21.7. The highest BCUT2D eigenvalue weighted by Crippen LogP contribution is 2.12. The molecule has 2 rings (SSSR count). The molecule has 9 nitrogen and oxygen atoms in total. The molecule has 0 amide bonds. The van der Waals surface area contributed by atoms with Gasteiger partial charge < -0.3 is 14.6 Å². The van der Waals surface area contributed by atoms with E-state index in [4.69, 9.17) is 5.11 Å². The zero-order valence-corrected chi connectivity index (χ0v) is 19.8. The van der Waals surface area contributed by atoms with Crippen molar-refractivity contribution in [3.63, 3.8) is 0 Å². The van der Waals surface area contributed by atoms with E-state index in [9.17, 15) is 9.59 Å². The number of nitrogens with zero attached hydrogens (tertiary/aromatic N) is 4. The Morgan fingerprint density at radius 3 is 1.77 bits per heavy atom. The molecule has 0 aliphatic heterocycles. The average molecular weight is 471 g/mol. The van der Waals surface area contributed by atoms with Crippen LogP contribution in [0.2, 0.25) is 0 Å². The first-order valence-electron chi connectivity index (χ1n) is 9.52. The number of esters is 2. The predicted octanol–water partition coefficient (Wildman–Crippen LogP) is 2.74. The maximum absolute atomic E-state index is 10.9. The third-order valence-electron chi connectivity index (χ3n) is 3.22. The van der Waals surface area contributed by atoms with Crippen molar-refractivity contribution in [3.8, 4) is 0 Å². The first-order valence-corrected chi connectivity index (χ1v) is 11.2. The summed E-state index contributed by atoms with van der Waals surface area (Å²) in [6.45, 7) is 9.28. The molecule has 2 aromatic heterocycles. The van der Waals surface area contributed by atoms with Gasteiger partial charge in [0.15, 0.2) is 0 Å². The van der Waals surface area contributed by atoms with E-state index in [0.717, 1.165) is 16.4 Å². The number of aliphatic hydroxyl groups is 1. The Labute approximate surface area is 190 Å². The molecule has 11 heteroatoms. The van der Waals surface area contributed by atoms with E-state index in [-0.39, 0.29) is 31.4 Å². The van der Waals surface area contributed by atoms with Crippen LogP contribution in [0.15, 0.2) is 25.3 Å². The molecule has 0 unspecified atom stereocenters. The maximum atomic E-state index is 10.9. The quantitative estimate of drug-likeness (QED) is 0.412. The number of methoxy groups -OCH3 is 2. The summed E-state index contributed by atoms with van der Waals surface area (Å²) in [5.74, 6) is -0.601. The van der Waals surface area contributed by atoms with Crippen LogP contribution in [0.3, 0.4) is 0 Å². The highest BCUT2D eigenvalue weighted by Gasteiger charge is 2.09. The Bertz CT molecular complexity index is 792. The van der Waals surface area contributed by atoms with Gasteiger partial charge in [-0.05, 0) is 12.8 Å². The molecule has 0 fully saturated rings. The number of carbonyl (C=O) groups is 2. The third-order valence-corrected chi connectivity index (χ3v) is 5.15. The van der Waals surface area contributed by atoms with E-state index in [1.165, 1.54) is 36.9 Å². The van der Waals surface area contributed by atoms with Crippen LogP contribution >= 0.6 is 22.7 Å². The lowest BCUT2D eigenvalue weighted by Crippen LogP contribution is -2.03. The van der Waals surface area contributed by atoms with Crippen molar-refractivity contribution >= 4 is 34.6 Å². The van der Waals surface area contributed by atoms with Crippen LogP contribution in [0.5, 0.6) is 0 Å². The molecule has 2 aromatic rings. The zero-order valence-electron chi connectivity index (χ0n) is 18.2. The summed E-state index contributed by atoms with van der Waals surface area (Å²) in [5.41, 5.74) is 0. The van der Waals surface area contributed by atoms with Gasteiger partial charge in [0, 0.05) is 19.4 Å². The normalized spacial score (nSPS) is 9.42. The first kappa shape index (κ1) is 28.5. The van der Waals surface area contributed by atoms with E-state index < -0.39 is 0 Å². The number of carbonyl (C=O) groups excluding carboxylic acids is 2. The van der Waals surface area contributed by atoms with Gasteiger partial charge in [0.25, 0.3) is 0 Å². The minimum atomic E-state index is -0.310. The topological polar surface area (TPSA) is 124 Å². The molecule has 0 atom stereocenters. The smallest absolute Gasteiger partial charge is 0.312 e. The molecule has 172 valence electrons. The number of aryl methyl sites for hydroxylation is 1. The van der Waals surface area contributed by atoms with Crippen molar-refractivity contribution in [2.24, 2.45) is 0 Å². The number of aromatic nitrogens is 4. The monoisotopic (exact) mass is 470 g/mol. The van der Waals surface area contributed by atoms with Gasteiger partial charge in [0.1, 0.15) is 20.0 Å². The van der Waals surface area contributed by atoms with Gasteiger partial charge in [0.05, 0.1) is 27.1 Å². The summed E-state index contributed by atoms with van der Waals surface area (Å²) in [5, 5.41) is 27.1. The van der Waals surface area contributed by atoms with Gasteiger partial charge in [-0.25, -0.2) is 0 Å². The van der Waals surface area contributed by atoms with E-state index in [0.29, 0.717) is 29.3 Å². The summed E-state index contributed by atoms with van der Waals surface area (Å²) in [6.07, 6.45) is 7.15. The minimum Gasteiger partial charge on any atom is -0.469 e. The number of allylic oxidation sites excluding steroid dienone is 2. The standard InChI is InChI=1S/C8H12N2O3S.C8H10N2O2S.C4H8/c1-13-8(12)5-7-10-9-6(14-7)3-2-4-11;1-3-4-6-9-10-7(13-6)5-8(11)12-2;1-3-4-2/h11H,2-5H2,1H3;3H,1,4-5H2,2H3;3H,1,4H2,2H3. The van der Waals surface area contributed by atoms with Crippen LogP contribution < -0.4 is 0 Å². The van der Waals surface area contributed by atoms with E-state index in [1.54, 1.807) is 6.08 Å². The van der Waals surface area contributed by atoms with Gasteiger partial charge in [-0.1, -0.05) is 19.1 Å². The fraction of sp³-hybridized carbons (Fsp3) is 0.500. The molecule has 2 heterocycles. The Balaban J connectivity index is 0.000000497. The Morgan fingerprint density at radius 1 is 0.903 bits per heavy atom. The molecule has 0 aromatic carbocycles. The molecular weight excluding hydrogens is 440 g/mol. The van der Waals surface area contributed by atoms with Gasteiger partial charge in [0.2, 0.25) is 0 Å². The average Bonchev–Trinajstić information content (AvgIpc) is 3.42. The van der Waals surface area contributed by atoms with Crippen LogP contribution in [0.4, 0.5) is 0 Å². The molecular formula is C20H30N4O5S2. The largest absolute Gasteiger partial charge is 0.469 e. The van der Waals surface area contributed by atoms with E-state index in [1.807, 2.05) is 6.08 Å². The molecule has 0 saturated heterocycles. The third kappa shape index (κ3) is 14.2. The van der Waals surface area contributed by atoms with Gasteiger partial charge in [-0.2, -0.15) is 0 Å². The van der Waals surface area contributed by atoms with Crippen molar-refractivity contribution in [2.75, 3.05) is 20.8 Å². The summed E-state index contributed by atoms with van der Waals surface area (Å²) >= 11 is 2.79. The van der Waals surface area contributed by atoms with Crippen molar-refractivity contribution < 1.29 is 24.2 Å².